The lowest BCUT2D eigenvalue weighted by Gasteiger charge is -2.08. The van der Waals surface area contributed by atoms with Crippen molar-refractivity contribution in [3.63, 3.8) is 0 Å². The van der Waals surface area contributed by atoms with Crippen molar-refractivity contribution in [1.29, 1.82) is 0 Å². The van der Waals surface area contributed by atoms with E-state index in [4.69, 9.17) is 0 Å². The van der Waals surface area contributed by atoms with Gasteiger partial charge >= 0.3 is 0 Å². The van der Waals surface area contributed by atoms with E-state index in [-0.39, 0.29) is 11.8 Å². The Labute approximate surface area is 85.3 Å². The van der Waals surface area contributed by atoms with Gasteiger partial charge < -0.3 is 5.32 Å². The van der Waals surface area contributed by atoms with E-state index in [1.165, 1.54) is 0 Å². The van der Waals surface area contributed by atoms with Crippen LogP contribution in [0.2, 0.25) is 0 Å². The molecule has 0 bridgehead atoms. The number of carbonyl (C=O) groups is 1. The Kier molecular flexibility index (Phi) is 4.17. The zero-order valence-electron chi connectivity index (χ0n) is 8.49. The molecule has 0 aromatic heterocycles. The first kappa shape index (κ1) is 10.8. The van der Waals surface area contributed by atoms with E-state index in [1.54, 1.807) is 0 Å². The Morgan fingerprint density at radius 2 is 2.07 bits per heavy atom. The van der Waals surface area contributed by atoms with E-state index in [2.05, 4.69) is 12.2 Å². The molecule has 1 aromatic rings. The van der Waals surface area contributed by atoms with Gasteiger partial charge in [0.1, 0.15) is 0 Å². The molecule has 0 aliphatic rings. The zero-order valence-corrected chi connectivity index (χ0v) is 8.49. The van der Waals surface area contributed by atoms with Crippen LogP contribution in [-0.2, 0) is 4.79 Å². The van der Waals surface area contributed by atoms with Crippen LogP contribution in [-0.4, -0.2) is 5.91 Å². The van der Waals surface area contributed by atoms with Gasteiger partial charge in [0.2, 0.25) is 5.91 Å². The van der Waals surface area contributed by atoms with Gasteiger partial charge in [-0.05, 0) is 25.0 Å². The molecule has 1 unspecified atom stereocenters. The fraction of sp³-hybridized carbons (Fsp3) is 0.333. The molecule has 2 nitrogen and oxygen atoms in total. The first-order valence-electron chi connectivity index (χ1n) is 4.90. The van der Waals surface area contributed by atoms with Gasteiger partial charge in [-0.25, -0.2) is 0 Å². The number of nitrogens with one attached hydrogen (secondary N) is 1. The van der Waals surface area contributed by atoms with Crippen LogP contribution in [0, 0.1) is 12.8 Å². The highest BCUT2D eigenvalue weighted by Crippen LogP contribution is 2.09. The summed E-state index contributed by atoms with van der Waals surface area (Å²) in [5.41, 5.74) is 0.848. The molecule has 1 radical (unpaired) electrons. The van der Waals surface area contributed by atoms with Crippen LogP contribution in [0.3, 0.4) is 0 Å². The van der Waals surface area contributed by atoms with E-state index in [1.807, 2.05) is 37.3 Å². The molecule has 0 heterocycles. The van der Waals surface area contributed by atoms with Gasteiger partial charge in [0.25, 0.3) is 0 Å². The van der Waals surface area contributed by atoms with E-state index in [0.29, 0.717) is 6.42 Å². The lowest BCUT2D eigenvalue weighted by Crippen LogP contribution is -2.14. The molecule has 0 aliphatic carbocycles. The minimum Gasteiger partial charge on any atom is -0.326 e. The summed E-state index contributed by atoms with van der Waals surface area (Å²) in [6, 6.07) is 9.48. The standard InChI is InChI=1S/C12H16NO/c1-3-10(2)9-12(14)13-11-7-5-4-6-8-11/h4-8,10H,2-3,9H2,1H3,(H,13,14). The molecule has 0 aliphatic heterocycles. The average Bonchev–Trinajstić information content (AvgIpc) is 2.19. The van der Waals surface area contributed by atoms with Crippen LogP contribution < -0.4 is 5.32 Å². The van der Waals surface area contributed by atoms with Gasteiger partial charge in [-0.3, -0.25) is 4.79 Å². The highest BCUT2D eigenvalue weighted by molar-refractivity contribution is 5.90. The third-order valence-electron chi connectivity index (χ3n) is 2.11. The number of rotatable bonds is 4. The largest absolute Gasteiger partial charge is 0.326 e. The minimum absolute atomic E-state index is 0.0399. The molecule has 1 atom stereocenters. The van der Waals surface area contributed by atoms with Crippen molar-refractivity contribution < 1.29 is 4.79 Å². The first-order valence-corrected chi connectivity index (χ1v) is 4.90. The summed E-state index contributed by atoms with van der Waals surface area (Å²) < 4.78 is 0. The molecule has 1 N–H and O–H groups in total. The van der Waals surface area contributed by atoms with Gasteiger partial charge in [-0.2, -0.15) is 0 Å². The summed E-state index contributed by atoms with van der Waals surface area (Å²) in [5.74, 6) is 0.247. The molecule has 14 heavy (non-hydrogen) atoms. The highest BCUT2D eigenvalue weighted by atomic mass is 16.1. The van der Waals surface area contributed by atoms with Gasteiger partial charge in [0, 0.05) is 12.1 Å². The maximum atomic E-state index is 11.4. The Bertz CT molecular complexity index is 282. The molecule has 0 spiro atoms. The van der Waals surface area contributed by atoms with Crippen LogP contribution in [0.5, 0.6) is 0 Å². The van der Waals surface area contributed by atoms with Gasteiger partial charge in [0.05, 0.1) is 0 Å². The van der Waals surface area contributed by atoms with E-state index < -0.39 is 0 Å². The highest BCUT2D eigenvalue weighted by Gasteiger charge is 2.06. The lowest BCUT2D eigenvalue weighted by atomic mass is 10.1. The van der Waals surface area contributed by atoms with Crippen molar-refractivity contribution in [2.24, 2.45) is 5.92 Å². The molecule has 1 amide bonds. The van der Waals surface area contributed by atoms with Crippen molar-refractivity contribution in [2.45, 2.75) is 19.8 Å². The van der Waals surface area contributed by atoms with Gasteiger partial charge in [0.15, 0.2) is 0 Å². The molecule has 1 rings (SSSR count). The van der Waals surface area contributed by atoms with Crippen molar-refractivity contribution in [3.05, 3.63) is 37.3 Å². The van der Waals surface area contributed by atoms with Gasteiger partial charge in [-0.1, -0.05) is 31.5 Å². The molecule has 0 fully saturated rings. The number of para-hydroxylation sites is 1. The van der Waals surface area contributed by atoms with Gasteiger partial charge in [-0.15, -0.1) is 0 Å². The number of anilines is 1. The number of carbonyl (C=O) groups excluding carboxylic acids is 1. The second-order valence-electron chi connectivity index (χ2n) is 3.39. The quantitative estimate of drug-likeness (QED) is 0.777. The summed E-state index contributed by atoms with van der Waals surface area (Å²) in [7, 11) is 0. The number of benzene rings is 1. The molecule has 2 heteroatoms. The van der Waals surface area contributed by atoms with E-state index >= 15 is 0 Å². The molecule has 0 saturated carbocycles. The third kappa shape index (κ3) is 3.60. The fourth-order valence-corrected chi connectivity index (χ4v) is 1.14. The van der Waals surface area contributed by atoms with Crippen molar-refractivity contribution in [3.8, 4) is 0 Å². The minimum atomic E-state index is 0.0399. The molecular formula is C12H16NO. The number of amides is 1. The van der Waals surface area contributed by atoms with Crippen molar-refractivity contribution >= 4 is 11.6 Å². The lowest BCUT2D eigenvalue weighted by molar-refractivity contribution is -0.116. The van der Waals surface area contributed by atoms with Crippen molar-refractivity contribution in [2.75, 3.05) is 5.32 Å². The van der Waals surface area contributed by atoms with Crippen LogP contribution in [0.4, 0.5) is 5.69 Å². The van der Waals surface area contributed by atoms with E-state index in [0.717, 1.165) is 12.1 Å². The topological polar surface area (TPSA) is 29.1 Å². The zero-order chi connectivity index (χ0) is 10.4. The van der Waals surface area contributed by atoms with E-state index in [9.17, 15) is 4.79 Å². The maximum absolute atomic E-state index is 11.4. The molecule has 0 saturated heterocycles. The SMILES string of the molecule is [CH2]C(CC)CC(=O)Nc1ccccc1. The second-order valence-corrected chi connectivity index (χ2v) is 3.39. The summed E-state index contributed by atoms with van der Waals surface area (Å²) in [5, 5.41) is 2.83. The fourth-order valence-electron chi connectivity index (χ4n) is 1.14. The third-order valence-corrected chi connectivity index (χ3v) is 2.11. The normalized spacial score (nSPS) is 12.1. The Morgan fingerprint density at radius 1 is 1.43 bits per heavy atom. The van der Waals surface area contributed by atoms with Crippen molar-refractivity contribution in [1.82, 2.24) is 0 Å². The average molecular weight is 190 g/mol. The number of hydrogen-bond acceptors (Lipinski definition) is 1. The molecule has 75 valence electrons. The van der Waals surface area contributed by atoms with Crippen LogP contribution >= 0.6 is 0 Å². The second kappa shape index (κ2) is 5.43. The monoisotopic (exact) mass is 190 g/mol. The summed E-state index contributed by atoms with van der Waals surface area (Å²) in [4.78, 5) is 11.4. The summed E-state index contributed by atoms with van der Waals surface area (Å²) >= 11 is 0. The summed E-state index contributed by atoms with van der Waals surface area (Å²) in [6.45, 7) is 5.91. The maximum Gasteiger partial charge on any atom is 0.224 e. The molecular weight excluding hydrogens is 174 g/mol. The molecule has 1 aromatic carbocycles. The van der Waals surface area contributed by atoms with Crippen LogP contribution in [0.25, 0.3) is 0 Å². The predicted octanol–water partition coefficient (Wildman–Crippen LogP) is 2.88. The van der Waals surface area contributed by atoms with Crippen LogP contribution in [0.15, 0.2) is 30.3 Å². The predicted molar refractivity (Wildman–Crippen MR) is 58.8 cm³/mol. The first-order chi connectivity index (χ1) is 6.72. The Balaban J connectivity index is 2.42. The van der Waals surface area contributed by atoms with Crippen LogP contribution in [0.1, 0.15) is 19.8 Å². The number of hydrogen-bond donors (Lipinski definition) is 1. The smallest absolute Gasteiger partial charge is 0.224 e. The Morgan fingerprint density at radius 3 is 2.64 bits per heavy atom. The Hall–Kier alpha value is -1.31. The summed E-state index contributed by atoms with van der Waals surface area (Å²) in [6.07, 6.45) is 1.42.